The van der Waals surface area contributed by atoms with Crippen LogP contribution in [0.1, 0.15) is 26.2 Å². The van der Waals surface area contributed by atoms with Gasteiger partial charge in [-0.25, -0.2) is 8.42 Å². The Kier molecular flexibility index (Phi) is 5.70. The molecule has 0 aliphatic carbocycles. The standard InChI is InChI=1S/C15H22N2O5S/c1-3-8-16-15(18)5-4-9-17(23(2,19)20)12-6-7-13-14(10-12)22-11-21-13/h6-7,10H,3-5,8-9,11H2,1-2H3,(H,16,18). The average Bonchev–Trinajstić information content (AvgIpc) is 2.95. The fourth-order valence-corrected chi connectivity index (χ4v) is 3.22. The van der Waals surface area contributed by atoms with Gasteiger partial charge in [0.2, 0.25) is 22.7 Å². The molecule has 0 fully saturated rings. The third-order valence-corrected chi connectivity index (χ3v) is 4.58. The maximum Gasteiger partial charge on any atom is 0.232 e. The molecule has 0 aromatic heterocycles. The van der Waals surface area contributed by atoms with Gasteiger partial charge in [-0.3, -0.25) is 9.10 Å². The minimum absolute atomic E-state index is 0.0639. The second-order valence-corrected chi connectivity index (χ2v) is 7.23. The van der Waals surface area contributed by atoms with E-state index < -0.39 is 10.0 Å². The van der Waals surface area contributed by atoms with E-state index in [1.165, 1.54) is 4.31 Å². The minimum atomic E-state index is -3.45. The maximum atomic E-state index is 12.0. The molecule has 1 amide bonds. The van der Waals surface area contributed by atoms with Crippen LogP contribution in [0.15, 0.2) is 18.2 Å². The first-order chi connectivity index (χ1) is 10.9. The van der Waals surface area contributed by atoms with Crippen LogP contribution in [0.5, 0.6) is 11.5 Å². The molecule has 2 rings (SSSR count). The van der Waals surface area contributed by atoms with Crippen molar-refractivity contribution in [3.05, 3.63) is 18.2 Å². The first-order valence-electron chi connectivity index (χ1n) is 7.56. The summed E-state index contributed by atoms with van der Waals surface area (Å²) in [5.41, 5.74) is 0.505. The topological polar surface area (TPSA) is 84.9 Å². The van der Waals surface area contributed by atoms with Crippen molar-refractivity contribution in [2.45, 2.75) is 26.2 Å². The van der Waals surface area contributed by atoms with Gasteiger partial charge in [0.25, 0.3) is 0 Å². The molecule has 0 atom stereocenters. The number of ether oxygens (including phenoxy) is 2. The van der Waals surface area contributed by atoms with Crippen molar-refractivity contribution in [3.8, 4) is 11.5 Å². The molecule has 1 aliphatic rings. The number of nitrogens with zero attached hydrogens (tertiary/aromatic N) is 1. The van der Waals surface area contributed by atoms with Crippen LogP contribution in [0.4, 0.5) is 5.69 Å². The lowest BCUT2D eigenvalue weighted by atomic mass is 10.2. The van der Waals surface area contributed by atoms with E-state index >= 15 is 0 Å². The van der Waals surface area contributed by atoms with Gasteiger partial charge < -0.3 is 14.8 Å². The van der Waals surface area contributed by atoms with E-state index in [1.54, 1.807) is 18.2 Å². The Morgan fingerprint density at radius 2 is 2.04 bits per heavy atom. The lowest BCUT2D eigenvalue weighted by Crippen LogP contribution is -2.32. The number of fused-ring (bicyclic) bond motifs is 1. The van der Waals surface area contributed by atoms with Crippen LogP contribution < -0.4 is 19.1 Å². The van der Waals surface area contributed by atoms with Gasteiger partial charge in [-0.05, 0) is 25.0 Å². The number of nitrogens with one attached hydrogen (secondary N) is 1. The Hall–Kier alpha value is -1.96. The number of sulfonamides is 1. The quantitative estimate of drug-likeness (QED) is 0.774. The number of hydrogen-bond donors (Lipinski definition) is 1. The molecule has 0 spiro atoms. The van der Waals surface area contributed by atoms with Crippen molar-refractivity contribution in [3.63, 3.8) is 0 Å². The lowest BCUT2D eigenvalue weighted by Gasteiger charge is -2.22. The van der Waals surface area contributed by atoms with Gasteiger partial charge in [0.05, 0.1) is 11.9 Å². The number of hydrogen-bond acceptors (Lipinski definition) is 5. The maximum absolute atomic E-state index is 12.0. The molecule has 128 valence electrons. The monoisotopic (exact) mass is 342 g/mol. The molecular weight excluding hydrogens is 320 g/mol. The molecule has 1 heterocycles. The van der Waals surface area contributed by atoms with Gasteiger partial charge in [0, 0.05) is 25.6 Å². The third kappa shape index (κ3) is 4.75. The number of carbonyl (C=O) groups excluding carboxylic acids is 1. The van der Waals surface area contributed by atoms with Gasteiger partial charge >= 0.3 is 0 Å². The first kappa shape index (κ1) is 17.4. The Labute approximate surface area is 136 Å². The van der Waals surface area contributed by atoms with E-state index in [9.17, 15) is 13.2 Å². The van der Waals surface area contributed by atoms with E-state index in [2.05, 4.69) is 5.32 Å². The third-order valence-electron chi connectivity index (χ3n) is 3.38. The van der Waals surface area contributed by atoms with Crippen molar-refractivity contribution < 1.29 is 22.7 Å². The average molecular weight is 342 g/mol. The highest BCUT2D eigenvalue weighted by Crippen LogP contribution is 2.36. The Morgan fingerprint density at radius 3 is 2.74 bits per heavy atom. The molecule has 1 aliphatic heterocycles. The fourth-order valence-electron chi connectivity index (χ4n) is 2.26. The summed E-state index contributed by atoms with van der Waals surface area (Å²) < 4.78 is 35.9. The molecule has 0 bridgehead atoms. The lowest BCUT2D eigenvalue weighted by molar-refractivity contribution is -0.121. The Morgan fingerprint density at radius 1 is 1.30 bits per heavy atom. The summed E-state index contributed by atoms with van der Waals surface area (Å²) >= 11 is 0. The van der Waals surface area contributed by atoms with Crippen molar-refractivity contribution >= 4 is 21.6 Å². The van der Waals surface area contributed by atoms with Gasteiger partial charge in [-0.1, -0.05) is 6.92 Å². The van der Waals surface area contributed by atoms with E-state index in [0.717, 1.165) is 12.7 Å². The highest BCUT2D eigenvalue weighted by Gasteiger charge is 2.21. The zero-order valence-corrected chi connectivity index (χ0v) is 14.2. The van der Waals surface area contributed by atoms with Crippen molar-refractivity contribution in [2.24, 2.45) is 0 Å². The van der Waals surface area contributed by atoms with E-state index in [0.29, 0.717) is 30.2 Å². The summed E-state index contributed by atoms with van der Waals surface area (Å²) in [5.74, 6) is 1.06. The Balaban J connectivity index is 2.02. The van der Waals surface area contributed by atoms with E-state index in [4.69, 9.17) is 9.47 Å². The Bertz CT molecular complexity index is 660. The molecule has 7 nitrogen and oxygen atoms in total. The smallest absolute Gasteiger partial charge is 0.232 e. The van der Waals surface area contributed by atoms with Crippen LogP contribution in [0.3, 0.4) is 0 Å². The first-order valence-corrected chi connectivity index (χ1v) is 9.40. The van der Waals surface area contributed by atoms with E-state index in [-0.39, 0.29) is 25.7 Å². The predicted molar refractivity (Wildman–Crippen MR) is 87.3 cm³/mol. The molecule has 1 N–H and O–H groups in total. The molecule has 0 saturated carbocycles. The molecular formula is C15H22N2O5S. The van der Waals surface area contributed by atoms with Crippen LogP contribution in [0, 0.1) is 0 Å². The molecule has 0 radical (unpaired) electrons. The zero-order chi connectivity index (χ0) is 16.9. The largest absolute Gasteiger partial charge is 0.454 e. The fraction of sp³-hybridized carbons (Fsp3) is 0.533. The zero-order valence-electron chi connectivity index (χ0n) is 13.4. The van der Waals surface area contributed by atoms with Crippen LogP contribution in [-0.4, -0.2) is 40.5 Å². The van der Waals surface area contributed by atoms with Crippen LogP contribution in [0.25, 0.3) is 0 Å². The highest BCUT2D eigenvalue weighted by atomic mass is 32.2. The summed E-state index contributed by atoms with van der Waals surface area (Å²) in [6.07, 6.45) is 2.75. The number of benzene rings is 1. The van der Waals surface area contributed by atoms with Crippen molar-refractivity contribution in [2.75, 3.05) is 30.4 Å². The van der Waals surface area contributed by atoms with Gasteiger partial charge in [-0.2, -0.15) is 0 Å². The minimum Gasteiger partial charge on any atom is -0.454 e. The second-order valence-electron chi connectivity index (χ2n) is 5.33. The number of rotatable bonds is 8. The SMILES string of the molecule is CCCNC(=O)CCCN(c1ccc2c(c1)OCO2)S(C)(=O)=O. The molecule has 0 unspecified atom stereocenters. The molecule has 8 heteroatoms. The van der Waals surface area contributed by atoms with Crippen molar-refractivity contribution in [1.82, 2.24) is 5.32 Å². The van der Waals surface area contributed by atoms with Crippen LogP contribution in [0.2, 0.25) is 0 Å². The molecule has 1 aromatic rings. The van der Waals surface area contributed by atoms with Gasteiger partial charge in [0.1, 0.15) is 0 Å². The molecule has 23 heavy (non-hydrogen) atoms. The molecule has 1 aromatic carbocycles. The van der Waals surface area contributed by atoms with Crippen LogP contribution in [-0.2, 0) is 14.8 Å². The van der Waals surface area contributed by atoms with Gasteiger partial charge in [-0.15, -0.1) is 0 Å². The van der Waals surface area contributed by atoms with Crippen molar-refractivity contribution in [1.29, 1.82) is 0 Å². The normalized spacial score (nSPS) is 13.0. The number of anilines is 1. The second kappa shape index (κ2) is 7.54. The summed E-state index contributed by atoms with van der Waals surface area (Å²) in [7, 11) is -3.45. The van der Waals surface area contributed by atoms with E-state index in [1.807, 2.05) is 6.92 Å². The molecule has 0 saturated heterocycles. The summed E-state index contributed by atoms with van der Waals surface area (Å²) in [6, 6.07) is 5.00. The van der Waals surface area contributed by atoms with Gasteiger partial charge in [0.15, 0.2) is 11.5 Å². The summed E-state index contributed by atoms with van der Waals surface area (Å²) in [4.78, 5) is 11.6. The van der Waals surface area contributed by atoms with Crippen LogP contribution >= 0.6 is 0 Å². The summed E-state index contributed by atoms with van der Waals surface area (Å²) in [5, 5.41) is 2.78. The number of carbonyl (C=O) groups is 1. The highest BCUT2D eigenvalue weighted by molar-refractivity contribution is 7.92. The predicted octanol–water partition coefficient (Wildman–Crippen LogP) is 1.49. The number of amides is 1. The summed E-state index contributed by atoms with van der Waals surface area (Å²) in [6.45, 7) is 2.98.